The van der Waals surface area contributed by atoms with Gasteiger partial charge in [-0.1, -0.05) is 0 Å². The van der Waals surface area contributed by atoms with Gasteiger partial charge in [-0.15, -0.1) is 11.3 Å². The average Bonchev–Trinajstić information content (AvgIpc) is 2.61. The predicted octanol–water partition coefficient (Wildman–Crippen LogP) is 2.75. The highest BCUT2D eigenvalue weighted by molar-refractivity contribution is 9.11. The molecule has 1 heterocycles. The molecule has 0 aromatic carbocycles. The molecule has 0 saturated heterocycles. The van der Waals surface area contributed by atoms with Gasteiger partial charge < -0.3 is 10.6 Å². The maximum absolute atomic E-state index is 12.6. The van der Waals surface area contributed by atoms with E-state index in [0.29, 0.717) is 6.92 Å². The lowest BCUT2D eigenvalue weighted by molar-refractivity contribution is -0.193. The molecule has 0 aliphatic carbocycles. The van der Waals surface area contributed by atoms with Crippen molar-refractivity contribution in [2.24, 2.45) is 5.73 Å². The minimum atomic E-state index is -4.77. The van der Waals surface area contributed by atoms with Crippen LogP contribution >= 0.6 is 27.3 Å². The highest BCUT2D eigenvalue weighted by Crippen LogP contribution is 2.30. The molecule has 1 atom stereocenters. The van der Waals surface area contributed by atoms with Crippen LogP contribution in [0.4, 0.5) is 13.2 Å². The fourth-order valence-electron chi connectivity index (χ4n) is 1.29. The number of hydrogen-bond donors (Lipinski definition) is 1. The van der Waals surface area contributed by atoms with Crippen LogP contribution in [0.25, 0.3) is 0 Å². The molecule has 2 N–H and O–H groups in total. The van der Waals surface area contributed by atoms with Gasteiger partial charge >= 0.3 is 6.18 Å². The molecular formula is C10H12BrF3N2OS. The van der Waals surface area contributed by atoms with E-state index in [4.69, 9.17) is 5.73 Å². The van der Waals surface area contributed by atoms with E-state index in [1.165, 1.54) is 18.4 Å². The number of carbonyl (C=O) groups is 1. The van der Waals surface area contributed by atoms with Crippen molar-refractivity contribution in [2.75, 3.05) is 7.05 Å². The Bertz CT molecular complexity index is 445. The van der Waals surface area contributed by atoms with Crippen molar-refractivity contribution in [1.82, 2.24) is 4.90 Å². The third-order valence-electron chi connectivity index (χ3n) is 2.42. The van der Waals surface area contributed by atoms with Crippen molar-refractivity contribution in [3.63, 3.8) is 0 Å². The molecular weight excluding hydrogens is 333 g/mol. The highest BCUT2D eigenvalue weighted by Gasteiger charge is 2.54. The van der Waals surface area contributed by atoms with E-state index in [0.717, 1.165) is 14.2 Å². The van der Waals surface area contributed by atoms with Crippen LogP contribution in [0.1, 0.15) is 12.5 Å². The normalized spacial score (nSPS) is 15.3. The lowest BCUT2D eigenvalue weighted by Crippen LogP contribution is -2.61. The van der Waals surface area contributed by atoms with Crippen molar-refractivity contribution in [1.29, 1.82) is 0 Å². The first kappa shape index (κ1) is 15.5. The number of thiophene rings is 1. The molecule has 0 radical (unpaired) electrons. The van der Waals surface area contributed by atoms with Gasteiger partial charge in [0.15, 0.2) is 5.54 Å². The monoisotopic (exact) mass is 344 g/mol. The van der Waals surface area contributed by atoms with Crippen LogP contribution in [-0.4, -0.2) is 29.6 Å². The van der Waals surface area contributed by atoms with Crippen LogP contribution in [0, 0.1) is 0 Å². The summed E-state index contributed by atoms with van der Waals surface area (Å²) in [7, 11) is 1.30. The fourth-order valence-corrected chi connectivity index (χ4v) is 2.49. The number of halogens is 4. The number of carbonyl (C=O) groups excluding carboxylic acids is 1. The molecule has 0 fully saturated rings. The van der Waals surface area contributed by atoms with E-state index in [-0.39, 0.29) is 6.54 Å². The predicted molar refractivity (Wildman–Crippen MR) is 67.1 cm³/mol. The zero-order valence-electron chi connectivity index (χ0n) is 9.71. The lowest BCUT2D eigenvalue weighted by Gasteiger charge is -2.30. The number of likely N-dealkylation sites (N-methyl/N-ethyl adjacent to an activating group) is 1. The number of nitrogens with zero attached hydrogens (tertiary/aromatic N) is 1. The lowest BCUT2D eigenvalue weighted by atomic mass is 10.0. The second kappa shape index (κ2) is 5.18. The van der Waals surface area contributed by atoms with E-state index < -0.39 is 17.6 Å². The van der Waals surface area contributed by atoms with E-state index in [2.05, 4.69) is 15.9 Å². The van der Waals surface area contributed by atoms with Crippen molar-refractivity contribution in [3.8, 4) is 0 Å². The number of nitrogens with two attached hydrogens (primary N) is 1. The smallest absolute Gasteiger partial charge is 0.340 e. The minimum Gasteiger partial charge on any atom is -0.340 e. The summed E-state index contributed by atoms with van der Waals surface area (Å²) < 4.78 is 38.7. The number of alkyl halides is 3. The van der Waals surface area contributed by atoms with E-state index in [1.54, 1.807) is 11.4 Å². The zero-order valence-corrected chi connectivity index (χ0v) is 12.1. The van der Waals surface area contributed by atoms with Crippen LogP contribution in [0.5, 0.6) is 0 Å². The molecule has 1 aromatic heterocycles. The Kier molecular flexibility index (Phi) is 4.45. The maximum atomic E-state index is 12.6. The van der Waals surface area contributed by atoms with Crippen LogP contribution in [-0.2, 0) is 11.3 Å². The average molecular weight is 345 g/mol. The van der Waals surface area contributed by atoms with Crippen molar-refractivity contribution in [3.05, 3.63) is 20.8 Å². The van der Waals surface area contributed by atoms with Gasteiger partial charge in [0.25, 0.3) is 5.91 Å². The summed E-state index contributed by atoms with van der Waals surface area (Å²) in [5.41, 5.74) is 2.96. The number of rotatable bonds is 3. The molecule has 1 unspecified atom stereocenters. The molecule has 18 heavy (non-hydrogen) atoms. The number of hydrogen-bond acceptors (Lipinski definition) is 3. The molecule has 1 aromatic rings. The number of amides is 1. The molecule has 0 aliphatic heterocycles. The Balaban J connectivity index is 2.79. The summed E-state index contributed by atoms with van der Waals surface area (Å²) in [6, 6.07) is 1.75. The van der Waals surface area contributed by atoms with Gasteiger partial charge in [-0.3, -0.25) is 4.79 Å². The van der Waals surface area contributed by atoms with Crippen LogP contribution in [0.2, 0.25) is 0 Å². The topological polar surface area (TPSA) is 46.3 Å². The van der Waals surface area contributed by atoms with Crippen molar-refractivity contribution < 1.29 is 18.0 Å². The molecule has 102 valence electrons. The Morgan fingerprint density at radius 1 is 1.56 bits per heavy atom. The van der Waals surface area contributed by atoms with Gasteiger partial charge in [-0.25, -0.2) is 0 Å². The first-order valence-electron chi connectivity index (χ1n) is 4.90. The molecule has 3 nitrogen and oxygen atoms in total. The molecule has 0 bridgehead atoms. The van der Waals surface area contributed by atoms with Gasteiger partial charge in [0.1, 0.15) is 0 Å². The molecule has 8 heteroatoms. The summed E-state index contributed by atoms with van der Waals surface area (Å²) >= 11 is 4.64. The first-order chi connectivity index (χ1) is 8.05. The second-order valence-corrected chi connectivity index (χ2v) is 6.41. The summed E-state index contributed by atoms with van der Waals surface area (Å²) in [5, 5.41) is 1.76. The van der Waals surface area contributed by atoms with Crippen LogP contribution in [0.3, 0.4) is 0 Å². The zero-order chi connectivity index (χ0) is 14.1. The maximum Gasteiger partial charge on any atom is 0.415 e. The van der Waals surface area contributed by atoms with Crippen LogP contribution in [0.15, 0.2) is 15.2 Å². The third kappa shape index (κ3) is 3.24. The molecule has 1 rings (SSSR count). The van der Waals surface area contributed by atoms with Crippen molar-refractivity contribution >= 4 is 33.2 Å². The summed E-state index contributed by atoms with van der Waals surface area (Å²) in [6.45, 7) is 0.763. The second-order valence-electron chi connectivity index (χ2n) is 4.12. The van der Waals surface area contributed by atoms with Gasteiger partial charge in [-0.05, 0) is 39.9 Å². The highest BCUT2D eigenvalue weighted by atomic mass is 79.9. The van der Waals surface area contributed by atoms with E-state index in [9.17, 15) is 18.0 Å². The van der Waals surface area contributed by atoms with Gasteiger partial charge in [0.2, 0.25) is 0 Å². The molecule has 0 saturated carbocycles. The van der Waals surface area contributed by atoms with Gasteiger partial charge in [0.05, 0.1) is 3.79 Å². The van der Waals surface area contributed by atoms with Gasteiger partial charge in [-0.2, -0.15) is 13.2 Å². The molecule has 1 amide bonds. The van der Waals surface area contributed by atoms with Crippen molar-refractivity contribution in [2.45, 2.75) is 25.2 Å². The Morgan fingerprint density at radius 2 is 2.11 bits per heavy atom. The quantitative estimate of drug-likeness (QED) is 0.916. The molecule has 0 aliphatic rings. The van der Waals surface area contributed by atoms with E-state index in [1.807, 2.05) is 0 Å². The van der Waals surface area contributed by atoms with E-state index >= 15 is 0 Å². The molecule has 0 spiro atoms. The largest absolute Gasteiger partial charge is 0.415 e. The fraction of sp³-hybridized carbons (Fsp3) is 0.500. The Hall–Kier alpha value is -0.600. The Morgan fingerprint density at radius 3 is 2.50 bits per heavy atom. The first-order valence-corrected chi connectivity index (χ1v) is 6.57. The van der Waals surface area contributed by atoms with Gasteiger partial charge in [0, 0.05) is 13.6 Å². The van der Waals surface area contributed by atoms with Crippen LogP contribution < -0.4 is 5.73 Å². The summed E-state index contributed by atoms with van der Waals surface area (Å²) in [6.07, 6.45) is -4.77. The Labute approximate surface area is 115 Å². The standard InChI is InChI=1S/C10H12BrF3N2OS/c1-9(15,10(12,13)14)8(17)16(2)4-6-3-7(11)18-5-6/h3,5H,4,15H2,1-2H3. The summed E-state index contributed by atoms with van der Waals surface area (Å²) in [4.78, 5) is 12.7. The SMILES string of the molecule is CN(Cc1csc(Br)c1)C(=O)C(C)(N)C(F)(F)F. The minimum absolute atomic E-state index is 0.0871. The third-order valence-corrected chi connectivity index (χ3v) is 3.97. The summed E-state index contributed by atoms with van der Waals surface area (Å²) in [5.74, 6) is -1.16.